The summed E-state index contributed by atoms with van der Waals surface area (Å²) in [5.41, 5.74) is 5.04. The number of urea groups is 1. The van der Waals surface area contributed by atoms with Crippen molar-refractivity contribution in [2.45, 2.75) is 25.9 Å². The number of aryl methyl sites for hydroxylation is 1. The van der Waals surface area contributed by atoms with Crippen LogP contribution < -0.4 is 16.6 Å². The normalized spacial score (nSPS) is 11.7. The van der Waals surface area contributed by atoms with Crippen LogP contribution in [0.3, 0.4) is 0 Å². The molecule has 2 rings (SSSR count). The molecule has 2 aromatic rings. The molecule has 4 N–H and O–H groups in total. The van der Waals surface area contributed by atoms with Crippen molar-refractivity contribution in [1.29, 1.82) is 0 Å². The number of hydrogen-bond donors (Lipinski definition) is 3. The largest absolute Gasteiger partial charge is 0.453 e. The van der Waals surface area contributed by atoms with E-state index in [-0.39, 0.29) is 18.4 Å². The lowest BCUT2D eigenvalue weighted by atomic mass is 10.2. The van der Waals surface area contributed by atoms with E-state index in [9.17, 15) is 19.2 Å². The molecule has 3 amide bonds. The summed E-state index contributed by atoms with van der Waals surface area (Å²) in [5.74, 6) is -1.14. The summed E-state index contributed by atoms with van der Waals surface area (Å²) in [7, 11) is 0. The molecule has 0 spiro atoms. The fourth-order valence-corrected chi connectivity index (χ4v) is 2.01. The number of amides is 3. The van der Waals surface area contributed by atoms with Crippen molar-refractivity contribution in [1.82, 2.24) is 15.3 Å². The topological polar surface area (TPSA) is 144 Å². The SMILES string of the molecule is C[C@H](OC(=O)CCc1nc2ccccc2c(=O)[nH]1)C(=O)NC(N)=O. The number of imide groups is 1. The van der Waals surface area contributed by atoms with Crippen molar-refractivity contribution >= 4 is 28.8 Å². The van der Waals surface area contributed by atoms with Gasteiger partial charge in [0.25, 0.3) is 11.5 Å². The maximum Gasteiger partial charge on any atom is 0.318 e. The second-order valence-corrected chi connectivity index (χ2v) is 5.02. The van der Waals surface area contributed by atoms with Crippen LogP contribution in [0.15, 0.2) is 29.1 Å². The van der Waals surface area contributed by atoms with Crippen molar-refractivity contribution in [3.05, 3.63) is 40.4 Å². The molecule has 0 saturated heterocycles. The van der Waals surface area contributed by atoms with Gasteiger partial charge in [0.1, 0.15) is 5.82 Å². The van der Waals surface area contributed by atoms with Crippen molar-refractivity contribution < 1.29 is 19.1 Å². The van der Waals surface area contributed by atoms with Crippen LogP contribution in [0.4, 0.5) is 4.79 Å². The third kappa shape index (κ3) is 4.38. The van der Waals surface area contributed by atoms with Gasteiger partial charge in [-0.2, -0.15) is 0 Å². The van der Waals surface area contributed by atoms with E-state index in [4.69, 9.17) is 10.5 Å². The summed E-state index contributed by atoms with van der Waals surface area (Å²) >= 11 is 0. The van der Waals surface area contributed by atoms with Gasteiger partial charge in [0.15, 0.2) is 6.10 Å². The fourth-order valence-electron chi connectivity index (χ4n) is 2.01. The molecule has 9 heteroatoms. The first-order chi connectivity index (χ1) is 11.4. The summed E-state index contributed by atoms with van der Waals surface area (Å²) in [4.78, 5) is 52.4. The zero-order chi connectivity index (χ0) is 17.7. The predicted molar refractivity (Wildman–Crippen MR) is 84.0 cm³/mol. The van der Waals surface area contributed by atoms with Gasteiger partial charge < -0.3 is 15.5 Å². The van der Waals surface area contributed by atoms with Crippen LogP contribution in [0.2, 0.25) is 0 Å². The number of nitrogens with zero attached hydrogens (tertiary/aromatic N) is 1. The number of fused-ring (bicyclic) bond motifs is 1. The monoisotopic (exact) mass is 332 g/mol. The van der Waals surface area contributed by atoms with Gasteiger partial charge in [0.05, 0.1) is 17.3 Å². The molecule has 1 aromatic carbocycles. The average Bonchev–Trinajstić information content (AvgIpc) is 2.52. The molecule has 0 aliphatic rings. The van der Waals surface area contributed by atoms with Crippen molar-refractivity contribution in [3.63, 3.8) is 0 Å². The molecule has 1 heterocycles. The Kier molecular flexibility index (Phi) is 5.25. The highest BCUT2D eigenvalue weighted by atomic mass is 16.5. The molecule has 9 nitrogen and oxygen atoms in total. The van der Waals surface area contributed by atoms with E-state index in [1.54, 1.807) is 24.3 Å². The number of H-pyrrole nitrogens is 1. The highest BCUT2D eigenvalue weighted by molar-refractivity contribution is 5.96. The van der Waals surface area contributed by atoms with E-state index in [0.717, 1.165) is 0 Å². The average molecular weight is 332 g/mol. The number of para-hydroxylation sites is 1. The summed E-state index contributed by atoms with van der Waals surface area (Å²) in [6, 6.07) is 5.81. The standard InChI is InChI=1S/C15H16N4O5/c1-8(13(21)19-15(16)23)24-12(20)7-6-11-17-10-5-3-2-4-9(10)14(22)18-11/h2-5,8H,6-7H2,1H3,(H,17,18,22)(H3,16,19,21,23)/t8-/m0/s1. The summed E-state index contributed by atoms with van der Waals surface area (Å²) in [6.45, 7) is 1.31. The van der Waals surface area contributed by atoms with E-state index in [1.807, 2.05) is 5.32 Å². The number of aromatic amines is 1. The minimum Gasteiger partial charge on any atom is -0.453 e. The second kappa shape index (κ2) is 7.36. The Labute approximate surface area is 136 Å². The van der Waals surface area contributed by atoms with Crippen LogP contribution >= 0.6 is 0 Å². The van der Waals surface area contributed by atoms with Crippen LogP contribution in [0.25, 0.3) is 10.9 Å². The van der Waals surface area contributed by atoms with Crippen LogP contribution in [-0.4, -0.2) is 34.0 Å². The van der Waals surface area contributed by atoms with Crippen LogP contribution in [0, 0.1) is 0 Å². The molecule has 24 heavy (non-hydrogen) atoms. The van der Waals surface area contributed by atoms with Gasteiger partial charge in [0.2, 0.25) is 0 Å². The molecule has 0 aliphatic carbocycles. The summed E-state index contributed by atoms with van der Waals surface area (Å²) in [5, 5.41) is 2.27. The Morgan fingerprint density at radius 1 is 1.33 bits per heavy atom. The second-order valence-electron chi connectivity index (χ2n) is 5.02. The van der Waals surface area contributed by atoms with Gasteiger partial charge in [-0.1, -0.05) is 12.1 Å². The third-order valence-electron chi connectivity index (χ3n) is 3.15. The van der Waals surface area contributed by atoms with Crippen molar-refractivity contribution in [2.75, 3.05) is 0 Å². The van der Waals surface area contributed by atoms with Crippen molar-refractivity contribution in [3.8, 4) is 0 Å². The number of aromatic nitrogens is 2. The Bertz CT molecular complexity index is 845. The minimum atomic E-state index is -1.16. The summed E-state index contributed by atoms with van der Waals surface area (Å²) < 4.78 is 4.87. The van der Waals surface area contributed by atoms with Gasteiger partial charge in [-0.05, 0) is 19.1 Å². The smallest absolute Gasteiger partial charge is 0.318 e. The molecule has 0 fully saturated rings. The van der Waals surface area contributed by atoms with Crippen LogP contribution in [-0.2, 0) is 20.7 Å². The molecule has 0 saturated carbocycles. The van der Waals surface area contributed by atoms with E-state index in [2.05, 4.69) is 9.97 Å². The lowest BCUT2D eigenvalue weighted by Gasteiger charge is -2.11. The van der Waals surface area contributed by atoms with Crippen LogP contribution in [0.5, 0.6) is 0 Å². The molecule has 1 aromatic heterocycles. The molecule has 0 radical (unpaired) electrons. The first-order valence-electron chi connectivity index (χ1n) is 7.14. The van der Waals surface area contributed by atoms with E-state index in [0.29, 0.717) is 16.7 Å². The predicted octanol–water partition coefficient (Wildman–Crippen LogP) is -0.0177. The van der Waals surface area contributed by atoms with E-state index >= 15 is 0 Å². The number of primary amides is 1. The number of carbonyl (C=O) groups excluding carboxylic acids is 3. The Morgan fingerprint density at radius 3 is 2.75 bits per heavy atom. The zero-order valence-corrected chi connectivity index (χ0v) is 12.9. The number of benzene rings is 1. The maximum absolute atomic E-state index is 11.9. The Hall–Kier alpha value is -3.23. The van der Waals surface area contributed by atoms with Gasteiger partial charge in [0, 0.05) is 6.42 Å². The van der Waals surface area contributed by atoms with Crippen LogP contribution in [0.1, 0.15) is 19.2 Å². The van der Waals surface area contributed by atoms with Gasteiger partial charge in [-0.3, -0.25) is 19.7 Å². The number of esters is 1. The Morgan fingerprint density at radius 2 is 2.04 bits per heavy atom. The lowest BCUT2D eigenvalue weighted by molar-refractivity contribution is -0.154. The molecular weight excluding hydrogens is 316 g/mol. The molecular formula is C15H16N4O5. The van der Waals surface area contributed by atoms with Gasteiger partial charge in [-0.25, -0.2) is 9.78 Å². The molecule has 0 aliphatic heterocycles. The third-order valence-corrected chi connectivity index (χ3v) is 3.15. The van der Waals surface area contributed by atoms with E-state index < -0.39 is 24.0 Å². The fraction of sp³-hybridized carbons (Fsp3) is 0.267. The molecule has 1 atom stereocenters. The number of rotatable bonds is 5. The number of carbonyl (C=O) groups is 3. The highest BCUT2D eigenvalue weighted by Gasteiger charge is 2.19. The minimum absolute atomic E-state index is 0.0878. The van der Waals surface area contributed by atoms with E-state index in [1.165, 1.54) is 6.92 Å². The number of nitrogens with one attached hydrogen (secondary N) is 2. The number of ether oxygens (including phenoxy) is 1. The van der Waals surface area contributed by atoms with Gasteiger partial charge in [-0.15, -0.1) is 0 Å². The van der Waals surface area contributed by atoms with Crippen molar-refractivity contribution in [2.24, 2.45) is 5.73 Å². The highest BCUT2D eigenvalue weighted by Crippen LogP contribution is 2.07. The number of nitrogens with two attached hydrogens (primary N) is 1. The lowest BCUT2D eigenvalue weighted by Crippen LogP contribution is -2.42. The quantitative estimate of drug-likeness (QED) is 0.656. The molecule has 0 unspecified atom stereocenters. The first-order valence-corrected chi connectivity index (χ1v) is 7.14. The summed E-state index contributed by atoms with van der Waals surface area (Å²) in [6.07, 6.45) is -1.10. The molecule has 126 valence electrons. The number of hydrogen-bond acceptors (Lipinski definition) is 6. The molecule has 0 bridgehead atoms. The first kappa shape index (κ1) is 17.1. The maximum atomic E-state index is 11.9. The van der Waals surface area contributed by atoms with Gasteiger partial charge >= 0.3 is 12.0 Å². The zero-order valence-electron chi connectivity index (χ0n) is 12.9. The Balaban J connectivity index is 1.96.